The van der Waals surface area contributed by atoms with Crippen LogP contribution in [-0.2, 0) is 11.3 Å². The number of aryl methyl sites for hydroxylation is 1. The van der Waals surface area contributed by atoms with Crippen molar-refractivity contribution in [2.45, 2.75) is 71.2 Å². The molecule has 0 atom stereocenters. The molecule has 1 heterocycles. The van der Waals surface area contributed by atoms with E-state index in [9.17, 15) is 5.21 Å². The van der Waals surface area contributed by atoms with Gasteiger partial charge in [0.1, 0.15) is 0 Å². The Morgan fingerprint density at radius 3 is 2.10 bits per heavy atom. The van der Waals surface area contributed by atoms with Crippen LogP contribution < -0.4 is 0 Å². The van der Waals surface area contributed by atoms with Gasteiger partial charge in [-0.1, -0.05) is 29.8 Å². The Morgan fingerprint density at radius 1 is 1.10 bits per heavy atom. The average molecular weight is 276 g/mol. The molecule has 20 heavy (non-hydrogen) atoms. The van der Waals surface area contributed by atoms with Crippen LogP contribution in [0.2, 0.25) is 0 Å². The number of hydroxylamine groups is 2. The summed E-state index contributed by atoms with van der Waals surface area (Å²) < 4.78 is 6.06. The first-order valence-electron chi connectivity index (χ1n) is 7.35. The Balaban J connectivity index is 1.98. The van der Waals surface area contributed by atoms with Gasteiger partial charge in [0.2, 0.25) is 0 Å². The van der Waals surface area contributed by atoms with Crippen LogP contribution in [0.15, 0.2) is 24.3 Å². The van der Waals surface area contributed by atoms with Crippen LogP contribution in [0.5, 0.6) is 0 Å². The van der Waals surface area contributed by atoms with Crippen molar-refractivity contribution in [1.82, 2.24) is 5.06 Å². The fraction of sp³-hybridized carbons (Fsp3) is 0.647. The summed E-state index contributed by atoms with van der Waals surface area (Å²) in [5.41, 5.74) is 1.73. The molecule has 1 aliphatic rings. The molecule has 0 aromatic heterocycles. The molecule has 0 unspecified atom stereocenters. The minimum Gasteiger partial charge on any atom is -0.784 e. The van der Waals surface area contributed by atoms with Crippen LogP contribution in [0.4, 0.5) is 0 Å². The summed E-state index contributed by atoms with van der Waals surface area (Å²) in [5.74, 6) is 0. The van der Waals surface area contributed by atoms with E-state index in [1.54, 1.807) is 0 Å². The lowest BCUT2D eigenvalue weighted by Gasteiger charge is -2.59. The van der Waals surface area contributed by atoms with E-state index in [4.69, 9.17) is 4.74 Å². The lowest BCUT2D eigenvalue weighted by atomic mass is 9.80. The molecule has 2 rings (SSSR count). The zero-order valence-electron chi connectivity index (χ0n) is 13.3. The third-order valence-corrected chi connectivity index (χ3v) is 4.16. The molecule has 3 nitrogen and oxygen atoms in total. The highest BCUT2D eigenvalue weighted by molar-refractivity contribution is 5.20. The van der Waals surface area contributed by atoms with Gasteiger partial charge in [-0.15, -0.1) is 0 Å². The Kier molecular flexibility index (Phi) is 4.24. The summed E-state index contributed by atoms with van der Waals surface area (Å²) in [4.78, 5) is 0. The maximum Gasteiger partial charge on any atom is 0.0720 e. The average Bonchev–Trinajstić information content (AvgIpc) is 2.35. The fourth-order valence-electron chi connectivity index (χ4n) is 3.19. The Morgan fingerprint density at radius 2 is 1.60 bits per heavy atom. The number of benzene rings is 1. The van der Waals surface area contributed by atoms with E-state index >= 15 is 0 Å². The first-order chi connectivity index (χ1) is 9.21. The topological polar surface area (TPSA) is 35.5 Å². The molecule has 112 valence electrons. The van der Waals surface area contributed by atoms with Gasteiger partial charge in [-0.3, -0.25) is 0 Å². The standard InChI is InChI=1S/C17H26NO2/c1-13-6-8-14(9-7-13)12-20-15-10-16(2,3)18(19)17(4,5)11-15/h6-9,15H,10-12H2,1-5H3/q-1. The molecule has 0 amide bonds. The van der Waals surface area contributed by atoms with Gasteiger partial charge >= 0.3 is 0 Å². The van der Waals surface area contributed by atoms with Crippen molar-refractivity contribution in [3.8, 4) is 0 Å². The third kappa shape index (κ3) is 3.40. The predicted molar refractivity (Wildman–Crippen MR) is 82.4 cm³/mol. The van der Waals surface area contributed by atoms with E-state index in [2.05, 4.69) is 31.2 Å². The van der Waals surface area contributed by atoms with Gasteiger partial charge in [0.05, 0.1) is 12.7 Å². The van der Waals surface area contributed by atoms with Crippen LogP contribution in [0.3, 0.4) is 0 Å². The van der Waals surface area contributed by atoms with Crippen LogP contribution in [0.25, 0.3) is 0 Å². The van der Waals surface area contributed by atoms with Gasteiger partial charge in [0.25, 0.3) is 0 Å². The first kappa shape index (κ1) is 15.5. The normalized spacial score (nSPS) is 22.9. The minimum absolute atomic E-state index is 0.145. The SMILES string of the molecule is Cc1ccc(COC2CC(C)(C)N([O-])C(C)(C)C2)cc1. The monoisotopic (exact) mass is 276 g/mol. The van der Waals surface area contributed by atoms with E-state index in [1.165, 1.54) is 16.2 Å². The van der Waals surface area contributed by atoms with Gasteiger partial charge in [0.15, 0.2) is 0 Å². The number of ether oxygens (including phenoxy) is 1. The summed E-state index contributed by atoms with van der Waals surface area (Å²) in [6.07, 6.45) is 1.71. The van der Waals surface area contributed by atoms with Crippen molar-refractivity contribution in [3.05, 3.63) is 40.6 Å². The molecule has 3 heteroatoms. The number of nitrogens with zero attached hydrogens (tertiary/aromatic N) is 1. The minimum atomic E-state index is -0.361. The number of hydrogen-bond donors (Lipinski definition) is 0. The molecule has 0 spiro atoms. The van der Waals surface area contributed by atoms with E-state index in [0.29, 0.717) is 6.61 Å². The van der Waals surface area contributed by atoms with Crippen LogP contribution in [-0.4, -0.2) is 22.2 Å². The molecule has 0 radical (unpaired) electrons. The fourth-order valence-corrected chi connectivity index (χ4v) is 3.19. The maximum atomic E-state index is 12.3. The molecule has 0 N–H and O–H groups in total. The second-order valence-electron chi connectivity index (χ2n) is 7.25. The lowest BCUT2D eigenvalue weighted by molar-refractivity contribution is -0.0862. The van der Waals surface area contributed by atoms with E-state index in [0.717, 1.165) is 12.8 Å². The van der Waals surface area contributed by atoms with Gasteiger partial charge in [-0.05, 0) is 53.0 Å². The molecule has 1 aromatic carbocycles. The summed E-state index contributed by atoms with van der Waals surface area (Å²) in [6.45, 7) is 10.7. The van der Waals surface area contributed by atoms with Crippen molar-refractivity contribution in [2.75, 3.05) is 0 Å². The molecule has 0 aliphatic carbocycles. The van der Waals surface area contributed by atoms with Crippen molar-refractivity contribution in [2.24, 2.45) is 0 Å². The van der Waals surface area contributed by atoms with Gasteiger partial charge in [-0.2, -0.15) is 0 Å². The maximum absolute atomic E-state index is 12.3. The highest BCUT2D eigenvalue weighted by Crippen LogP contribution is 2.38. The smallest absolute Gasteiger partial charge is 0.0720 e. The lowest BCUT2D eigenvalue weighted by Crippen LogP contribution is -2.59. The molecule has 1 saturated heterocycles. The number of piperidine rings is 1. The number of rotatable bonds is 3. The summed E-state index contributed by atoms with van der Waals surface area (Å²) in [5, 5.41) is 13.5. The van der Waals surface area contributed by atoms with Crippen molar-refractivity contribution in [3.63, 3.8) is 0 Å². The van der Waals surface area contributed by atoms with Crippen LogP contribution in [0, 0.1) is 12.1 Å². The van der Waals surface area contributed by atoms with Gasteiger partial charge in [0, 0.05) is 11.1 Å². The second-order valence-corrected chi connectivity index (χ2v) is 7.25. The highest BCUT2D eigenvalue weighted by Gasteiger charge is 2.40. The largest absolute Gasteiger partial charge is 0.784 e. The van der Waals surface area contributed by atoms with E-state index < -0.39 is 0 Å². The highest BCUT2D eigenvalue weighted by atomic mass is 16.5. The van der Waals surface area contributed by atoms with Crippen LogP contribution >= 0.6 is 0 Å². The van der Waals surface area contributed by atoms with E-state index in [1.807, 2.05) is 27.7 Å². The quantitative estimate of drug-likeness (QED) is 0.836. The zero-order chi connectivity index (χ0) is 15.0. The molecule has 0 bridgehead atoms. The summed E-state index contributed by atoms with van der Waals surface area (Å²) in [6, 6.07) is 8.42. The molecule has 1 aromatic rings. The molecule has 1 fully saturated rings. The van der Waals surface area contributed by atoms with Crippen molar-refractivity contribution in [1.29, 1.82) is 0 Å². The Labute approximate surface area is 122 Å². The van der Waals surface area contributed by atoms with E-state index in [-0.39, 0.29) is 17.2 Å². The van der Waals surface area contributed by atoms with Gasteiger partial charge < -0.3 is 15.0 Å². The molecular formula is C17H26NO2-. The van der Waals surface area contributed by atoms with Crippen molar-refractivity contribution < 1.29 is 4.74 Å². The first-order valence-corrected chi connectivity index (χ1v) is 7.35. The molecular weight excluding hydrogens is 250 g/mol. The van der Waals surface area contributed by atoms with Crippen LogP contribution in [0.1, 0.15) is 51.7 Å². The van der Waals surface area contributed by atoms with Gasteiger partial charge in [-0.25, -0.2) is 0 Å². The number of hydrogen-bond acceptors (Lipinski definition) is 3. The molecule has 1 aliphatic heterocycles. The Hall–Kier alpha value is -0.900. The summed E-state index contributed by atoms with van der Waals surface area (Å²) in [7, 11) is 0. The third-order valence-electron chi connectivity index (χ3n) is 4.16. The van der Waals surface area contributed by atoms with Crippen molar-refractivity contribution >= 4 is 0 Å². The zero-order valence-corrected chi connectivity index (χ0v) is 13.3. The second kappa shape index (κ2) is 5.47. The molecule has 0 saturated carbocycles. The Bertz CT molecular complexity index is 433. The predicted octanol–water partition coefficient (Wildman–Crippen LogP) is 4.03. The summed E-state index contributed by atoms with van der Waals surface area (Å²) >= 11 is 0.